The highest BCUT2D eigenvalue weighted by molar-refractivity contribution is 6.09. The smallest absolute Gasteiger partial charge is 0.261 e. The Labute approximate surface area is 175 Å². The summed E-state index contributed by atoms with van der Waals surface area (Å²) in [4.78, 5) is 15.0. The van der Waals surface area contributed by atoms with Gasteiger partial charge >= 0.3 is 0 Å². The number of carbonyl (C=O) groups is 1. The van der Waals surface area contributed by atoms with E-state index in [0.29, 0.717) is 11.3 Å². The second-order valence-electron chi connectivity index (χ2n) is 7.49. The van der Waals surface area contributed by atoms with Crippen molar-refractivity contribution in [2.24, 2.45) is 0 Å². The SMILES string of the molecule is Cc1ccc(N(C)C(=O)c2cc3ccccc3cc2OCc2c(C)noc2C)cc1. The highest BCUT2D eigenvalue weighted by atomic mass is 16.5. The molecule has 4 rings (SSSR count). The van der Waals surface area contributed by atoms with E-state index in [1.165, 1.54) is 0 Å². The quantitative estimate of drug-likeness (QED) is 0.437. The molecule has 5 nitrogen and oxygen atoms in total. The van der Waals surface area contributed by atoms with Crippen molar-refractivity contribution in [3.05, 3.63) is 88.8 Å². The number of anilines is 1. The maximum absolute atomic E-state index is 13.4. The topological polar surface area (TPSA) is 55.6 Å². The van der Waals surface area contributed by atoms with Gasteiger partial charge in [0.05, 0.1) is 16.8 Å². The summed E-state index contributed by atoms with van der Waals surface area (Å²) in [6, 6.07) is 19.6. The third-order valence-electron chi connectivity index (χ3n) is 5.36. The molecule has 1 aromatic heterocycles. The van der Waals surface area contributed by atoms with Gasteiger partial charge in [0, 0.05) is 12.7 Å². The Kier molecular flexibility index (Phi) is 5.27. The highest BCUT2D eigenvalue weighted by Gasteiger charge is 2.20. The summed E-state index contributed by atoms with van der Waals surface area (Å²) in [6.07, 6.45) is 0. The zero-order valence-corrected chi connectivity index (χ0v) is 17.6. The summed E-state index contributed by atoms with van der Waals surface area (Å²) < 4.78 is 11.4. The van der Waals surface area contributed by atoms with Crippen LogP contribution in [0.3, 0.4) is 0 Å². The van der Waals surface area contributed by atoms with Gasteiger partial charge in [-0.2, -0.15) is 0 Å². The van der Waals surface area contributed by atoms with Crippen molar-refractivity contribution in [1.29, 1.82) is 0 Å². The summed E-state index contributed by atoms with van der Waals surface area (Å²) in [6.45, 7) is 6.05. The predicted molar refractivity (Wildman–Crippen MR) is 118 cm³/mol. The largest absolute Gasteiger partial charge is 0.488 e. The molecule has 4 aromatic rings. The highest BCUT2D eigenvalue weighted by Crippen LogP contribution is 2.30. The van der Waals surface area contributed by atoms with Crippen LogP contribution in [0.1, 0.15) is 32.9 Å². The first-order valence-corrected chi connectivity index (χ1v) is 9.86. The normalized spacial score (nSPS) is 10.9. The number of hydrogen-bond donors (Lipinski definition) is 0. The van der Waals surface area contributed by atoms with E-state index >= 15 is 0 Å². The molecule has 0 radical (unpaired) electrons. The molecule has 0 aliphatic carbocycles. The van der Waals surface area contributed by atoms with Crippen LogP contribution in [0.25, 0.3) is 10.8 Å². The van der Waals surface area contributed by atoms with Crippen LogP contribution in [0, 0.1) is 20.8 Å². The summed E-state index contributed by atoms with van der Waals surface area (Å²) in [7, 11) is 1.78. The third-order valence-corrected chi connectivity index (χ3v) is 5.36. The number of hydrogen-bond acceptors (Lipinski definition) is 4. The Morgan fingerprint density at radius 3 is 2.30 bits per heavy atom. The zero-order valence-electron chi connectivity index (χ0n) is 17.6. The minimum absolute atomic E-state index is 0.127. The van der Waals surface area contributed by atoms with Crippen molar-refractivity contribution in [2.45, 2.75) is 27.4 Å². The predicted octanol–water partition coefficient (Wildman–Crippen LogP) is 5.61. The lowest BCUT2D eigenvalue weighted by molar-refractivity contribution is 0.0989. The van der Waals surface area contributed by atoms with Gasteiger partial charge in [-0.05, 0) is 55.8 Å². The Bertz CT molecular complexity index is 1190. The fourth-order valence-corrected chi connectivity index (χ4v) is 3.43. The lowest BCUT2D eigenvalue weighted by Gasteiger charge is -2.20. The van der Waals surface area contributed by atoms with Crippen molar-refractivity contribution < 1.29 is 14.1 Å². The molecule has 30 heavy (non-hydrogen) atoms. The van der Waals surface area contributed by atoms with Crippen molar-refractivity contribution >= 4 is 22.4 Å². The number of aryl methyl sites for hydroxylation is 3. The molecule has 152 valence electrons. The third kappa shape index (κ3) is 3.79. The fourth-order valence-electron chi connectivity index (χ4n) is 3.43. The second-order valence-corrected chi connectivity index (χ2v) is 7.49. The maximum Gasteiger partial charge on any atom is 0.261 e. The first-order chi connectivity index (χ1) is 14.4. The molecule has 0 unspecified atom stereocenters. The van der Waals surface area contributed by atoms with Crippen LogP contribution < -0.4 is 9.64 Å². The molecule has 1 heterocycles. The monoisotopic (exact) mass is 400 g/mol. The average Bonchev–Trinajstić information content (AvgIpc) is 3.08. The van der Waals surface area contributed by atoms with E-state index in [0.717, 1.165) is 39.0 Å². The number of carbonyl (C=O) groups excluding carboxylic acids is 1. The van der Waals surface area contributed by atoms with Gasteiger partial charge in [0.2, 0.25) is 0 Å². The minimum atomic E-state index is -0.127. The van der Waals surface area contributed by atoms with Crippen LogP contribution in [-0.4, -0.2) is 18.1 Å². The molecule has 0 fully saturated rings. The molecular formula is C25H24N2O3. The number of benzene rings is 3. The van der Waals surface area contributed by atoms with Crippen molar-refractivity contribution in [3.8, 4) is 5.75 Å². The molecule has 0 saturated heterocycles. The minimum Gasteiger partial charge on any atom is -0.488 e. The molecule has 0 aliphatic heterocycles. The molecule has 0 bridgehead atoms. The molecular weight excluding hydrogens is 376 g/mol. The number of ether oxygens (including phenoxy) is 1. The van der Waals surface area contributed by atoms with E-state index in [1.54, 1.807) is 11.9 Å². The van der Waals surface area contributed by atoms with Crippen LogP contribution in [0.4, 0.5) is 5.69 Å². The number of fused-ring (bicyclic) bond motifs is 1. The van der Waals surface area contributed by atoms with E-state index in [9.17, 15) is 4.79 Å². The van der Waals surface area contributed by atoms with Gasteiger partial charge in [-0.25, -0.2) is 0 Å². The molecule has 5 heteroatoms. The number of aromatic nitrogens is 1. The molecule has 0 aliphatic rings. The second kappa shape index (κ2) is 8.03. The first kappa shape index (κ1) is 19.7. The van der Waals surface area contributed by atoms with Crippen LogP contribution in [-0.2, 0) is 6.61 Å². The molecule has 0 saturated carbocycles. The zero-order chi connectivity index (χ0) is 21.3. The van der Waals surface area contributed by atoms with E-state index in [2.05, 4.69) is 5.16 Å². The fraction of sp³-hybridized carbons (Fsp3) is 0.200. The first-order valence-electron chi connectivity index (χ1n) is 9.86. The standard InChI is InChI=1S/C25H24N2O3/c1-16-9-11-21(12-10-16)27(4)25(28)22-13-19-7-5-6-8-20(19)14-24(22)29-15-23-17(2)26-30-18(23)3/h5-14H,15H2,1-4H3. The van der Waals surface area contributed by atoms with E-state index in [-0.39, 0.29) is 12.5 Å². The molecule has 0 spiro atoms. The summed E-state index contributed by atoms with van der Waals surface area (Å²) >= 11 is 0. The summed E-state index contributed by atoms with van der Waals surface area (Å²) in [5, 5.41) is 5.98. The van der Waals surface area contributed by atoms with Gasteiger partial charge < -0.3 is 14.2 Å². The Morgan fingerprint density at radius 1 is 1.00 bits per heavy atom. The van der Waals surface area contributed by atoms with Crippen molar-refractivity contribution in [1.82, 2.24) is 5.16 Å². The van der Waals surface area contributed by atoms with Crippen LogP contribution >= 0.6 is 0 Å². The van der Waals surface area contributed by atoms with Gasteiger partial charge in [-0.1, -0.05) is 47.1 Å². The molecule has 0 atom stereocenters. The van der Waals surface area contributed by atoms with Gasteiger partial charge in [0.1, 0.15) is 18.1 Å². The molecule has 3 aromatic carbocycles. The Balaban J connectivity index is 1.72. The van der Waals surface area contributed by atoms with Crippen molar-refractivity contribution in [2.75, 3.05) is 11.9 Å². The van der Waals surface area contributed by atoms with E-state index < -0.39 is 0 Å². The number of nitrogens with zero attached hydrogens (tertiary/aromatic N) is 2. The molecule has 1 amide bonds. The van der Waals surface area contributed by atoms with Crippen LogP contribution in [0.5, 0.6) is 5.75 Å². The lowest BCUT2D eigenvalue weighted by Crippen LogP contribution is -2.26. The van der Waals surface area contributed by atoms with Gasteiger partial charge in [0.25, 0.3) is 5.91 Å². The number of rotatable bonds is 5. The van der Waals surface area contributed by atoms with Crippen molar-refractivity contribution in [3.63, 3.8) is 0 Å². The van der Waals surface area contributed by atoms with Gasteiger partial charge in [-0.3, -0.25) is 4.79 Å². The summed E-state index contributed by atoms with van der Waals surface area (Å²) in [5.74, 6) is 1.13. The molecule has 0 N–H and O–H groups in total. The number of amides is 1. The average molecular weight is 400 g/mol. The summed E-state index contributed by atoms with van der Waals surface area (Å²) in [5.41, 5.74) is 4.18. The van der Waals surface area contributed by atoms with Gasteiger partial charge in [0.15, 0.2) is 0 Å². The Morgan fingerprint density at radius 2 is 1.67 bits per heavy atom. The maximum atomic E-state index is 13.4. The van der Waals surface area contributed by atoms with Gasteiger partial charge in [-0.15, -0.1) is 0 Å². The lowest BCUT2D eigenvalue weighted by atomic mass is 10.0. The van der Waals surface area contributed by atoms with E-state index in [4.69, 9.17) is 9.26 Å². The Hall–Kier alpha value is -3.60. The van der Waals surface area contributed by atoms with Crippen LogP contribution in [0.2, 0.25) is 0 Å². The van der Waals surface area contributed by atoms with E-state index in [1.807, 2.05) is 81.4 Å². The van der Waals surface area contributed by atoms with Crippen LogP contribution in [0.15, 0.2) is 65.2 Å².